The van der Waals surface area contributed by atoms with Crippen molar-refractivity contribution in [3.63, 3.8) is 0 Å². The van der Waals surface area contributed by atoms with Gasteiger partial charge in [-0.05, 0) is 44.3 Å². The fourth-order valence-corrected chi connectivity index (χ4v) is 3.32. The highest BCUT2D eigenvalue weighted by Gasteiger charge is 2.45. The third-order valence-electron chi connectivity index (χ3n) is 4.48. The molecule has 1 aromatic heterocycles. The van der Waals surface area contributed by atoms with Crippen molar-refractivity contribution < 1.29 is 4.79 Å². The number of amides is 1. The van der Waals surface area contributed by atoms with Crippen LogP contribution in [0.4, 0.5) is 0 Å². The van der Waals surface area contributed by atoms with Crippen LogP contribution in [0.3, 0.4) is 0 Å². The average Bonchev–Trinajstić information content (AvgIpc) is 3.10. The van der Waals surface area contributed by atoms with Crippen molar-refractivity contribution in [2.75, 3.05) is 26.2 Å². The van der Waals surface area contributed by atoms with E-state index >= 15 is 0 Å². The van der Waals surface area contributed by atoms with Gasteiger partial charge in [0.25, 0.3) is 5.91 Å². The minimum absolute atomic E-state index is 0.266. The lowest BCUT2D eigenvalue weighted by atomic mass is 9.87. The second-order valence-corrected chi connectivity index (χ2v) is 5.88. The Morgan fingerprint density at radius 2 is 2.21 bits per heavy atom. The fourth-order valence-electron chi connectivity index (χ4n) is 3.32. The maximum absolute atomic E-state index is 13.0. The summed E-state index contributed by atoms with van der Waals surface area (Å²) in [5.41, 5.74) is -0.460. The smallest absolute Gasteiger partial charge is 0.250 e. The molecular weight excluding hydrogens is 240 g/mol. The Hall–Kier alpha value is -1.36. The number of nitrogens with one attached hydrogen (secondary N) is 1. The molecule has 0 aliphatic carbocycles. The number of nitrogens with zero attached hydrogens (tertiary/aromatic N) is 3. The zero-order valence-electron chi connectivity index (χ0n) is 11.5. The molecule has 2 fully saturated rings. The summed E-state index contributed by atoms with van der Waals surface area (Å²) in [6.07, 6.45) is 6.49. The average molecular weight is 262 g/mol. The summed E-state index contributed by atoms with van der Waals surface area (Å²) in [6.45, 7) is 5.78. The molecule has 3 heterocycles. The van der Waals surface area contributed by atoms with Crippen molar-refractivity contribution >= 4 is 5.91 Å². The van der Waals surface area contributed by atoms with Crippen molar-refractivity contribution in [1.29, 1.82) is 0 Å². The molecule has 1 atom stereocenters. The van der Waals surface area contributed by atoms with Crippen LogP contribution in [0.1, 0.15) is 26.2 Å². The first-order valence-electron chi connectivity index (χ1n) is 7.22. The normalized spacial score (nSPS) is 26.6. The molecule has 3 rings (SSSR count). The van der Waals surface area contributed by atoms with E-state index in [1.807, 2.05) is 21.8 Å². The van der Waals surface area contributed by atoms with E-state index in [2.05, 4.69) is 17.3 Å². The van der Waals surface area contributed by atoms with Crippen LogP contribution in [0.2, 0.25) is 0 Å². The van der Waals surface area contributed by atoms with E-state index in [9.17, 15) is 4.79 Å². The largest absolute Gasteiger partial charge is 0.340 e. The standard InChI is InChI=1S/C14H22N4O/c1-12-3-10-17(11-12)13(19)14(4-7-15-8-5-14)18-9-2-6-16-18/h2,6,9,12,15H,3-5,7-8,10-11H2,1H3. The summed E-state index contributed by atoms with van der Waals surface area (Å²) in [5, 5.41) is 7.71. The van der Waals surface area contributed by atoms with Gasteiger partial charge in [0, 0.05) is 25.5 Å². The Morgan fingerprint density at radius 3 is 2.79 bits per heavy atom. The molecule has 0 radical (unpaired) electrons. The maximum atomic E-state index is 13.0. The van der Waals surface area contributed by atoms with Gasteiger partial charge in [0.05, 0.1) is 0 Å². The molecule has 5 nitrogen and oxygen atoms in total. The molecule has 2 aliphatic heterocycles. The molecule has 0 saturated carbocycles. The first kappa shape index (κ1) is 12.7. The van der Waals surface area contributed by atoms with Gasteiger partial charge in [0.15, 0.2) is 0 Å². The minimum atomic E-state index is -0.460. The van der Waals surface area contributed by atoms with Crippen LogP contribution in [0.15, 0.2) is 18.5 Å². The maximum Gasteiger partial charge on any atom is 0.250 e. The predicted octanol–water partition coefficient (Wildman–Crippen LogP) is 0.830. The van der Waals surface area contributed by atoms with Crippen molar-refractivity contribution in [3.8, 4) is 0 Å². The Kier molecular flexibility index (Phi) is 3.31. The molecule has 0 spiro atoms. The lowest BCUT2D eigenvalue weighted by Crippen LogP contribution is -2.55. The Bertz CT molecular complexity index is 436. The number of carbonyl (C=O) groups is 1. The van der Waals surface area contributed by atoms with Crippen LogP contribution in [0.25, 0.3) is 0 Å². The second-order valence-electron chi connectivity index (χ2n) is 5.88. The Morgan fingerprint density at radius 1 is 1.42 bits per heavy atom. The van der Waals surface area contributed by atoms with Gasteiger partial charge in [0.2, 0.25) is 0 Å². The van der Waals surface area contributed by atoms with Crippen LogP contribution >= 0.6 is 0 Å². The Labute approximate surface area is 114 Å². The number of carbonyl (C=O) groups excluding carboxylic acids is 1. The molecule has 2 aliphatic rings. The van der Waals surface area contributed by atoms with Crippen molar-refractivity contribution in [3.05, 3.63) is 18.5 Å². The second kappa shape index (κ2) is 4.96. The summed E-state index contributed by atoms with van der Waals surface area (Å²) in [6, 6.07) is 1.91. The minimum Gasteiger partial charge on any atom is -0.340 e. The molecule has 0 bridgehead atoms. The molecule has 0 aromatic carbocycles. The molecule has 1 amide bonds. The molecule has 5 heteroatoms. The van der Waals surface area contributed by atoms with E-state index in [-0.39, 0.29) is 5.91 Å². The number of rotatable bonds is 2. The van der Waals surface area contributed by atoms with Crippen molar-refractivity contribution in [1.82, 2.24) is 20.0 Å². The van der Waals surface area contributed by atoms with Gasteiger partial charge in [-0.1, -0.05) is 6.92 Å². The zero-order valence-corrected chi connectivity index (χ0v) is 11.5. The van der Waals surface area contributed by atoms with Gasteiger partial charge in [-0.2, -0.15) is 5.10 Å². The quantitative estimate of drug-likeness (QED) is 0.859. The third kappa shape index (κ3) is 2.16. The molecule has 104 valence electrons. The summed E-state index contributed by atoms with van der Waals surface area (Å²) in [5.74, 6) is 0.891. The van der Waals surface area contributed by atoms with Crippen molar-refractivity contribution in [2.45, 2.75) is 31.7 Å². The highest BCUT2D eigenvalue weighted by molar-refractivity contribution is 5.85. The highest BCUT2D eigenvalue weighted by Crippen LogP contribution is 2.31. The van der Waals surface area contributed by atoms with E-state index in [1.54, 1.807) is 6.20 Å². The van der Waals surface area contributed by atoms with E-state index in [4.69, 9.17) is 0 Å². The monoisotopic (exact) mass is 262 g/mol. The molecule has 19 heavy (non-hydrogen) atoms. The Balaban J connectivity index is 1.89. The van der Waals surface area contributed by atoms with Crippen LogP contribution in [-0.2, 0) is 10.3 Å². The molecule has 2 saturated heterocycles. The lowest BCUT2D eigenvalue weighted by Gasteiger charge is -2.39. The van der Waals surface area contributed by atoms with Gasteiger partial charge in [-0.3, -0.25) is 9.48 Å². The highest BCUT2D eigenvalue weighted by atomic mass is 16.2. The van der Waals surface area contributed by atoms with Crippen LogP contribution in [0, 0.1) is 5.92 Å². The molecular formula is C14H22N4O. The number of piperidine rings is 1. The van der Waals surface area contributed by atoms with Gasteiger partial charge >= 0.3 is 0 Å². The van der Waals surface area contributed by atoms with Crippen molar-refractivity contribution in [2.24, 2.45) is 5.92 Å². The first-order valence-corrected chi connectivity index (χ1v) is 7.22. The number of hydrogen-bond donors (Lipinski definition) is 1. The van der Waals surface area contributed by atoms with Gasteiger partial charge in [-0.15, -0.1) is 0 Å². The number of aromatic nitrogens is 2. The van der Waals surface area contributed by atoms with E-state index in [0.717, 1.165) is 45.4 Å². The van der Waals surface area contributed by atoms with Crippen LogP contribution in [-0.4, -0.2) is 46.8 Å². The van der Waals surface area contributed by atoms with Gasteiger partial charge in [-0.25, -0.2) is 0 Å². The first-order chi connectivity index (χ1) is 9.22. The van der Waals surface area contributed by atoms with Gasteiger partial charge < -0.3 is 10.2 Å². The molecule has 1 unspecified atom stereocenters. The zero-order chi connectivity index (χ0) is 13.3. The van der Waals surface area contributed by atoms with Crippen LogP contribution in [0.5, 0.6) is 0 Å². The predicted molar refractivity (Wildman–Crippen MR) is 72.7 cm³/mol. The molecule has 1 N–H and O–H groups in total. The third-order valence-corrected chi connectivity index (χ3v) is 4.48. The number of likely N-dealkylation sites (tertiary alicyclic amines) is 1. The summed E-state index contributed by atoms with van der Waals surface area (Å²) in [4.78, 5) is 15.0. The number of hydrogen-bond acceptors (Lipinski definition) is 3. The molecule has 1 aromatic rings. The van der Waals surface area contributed by atoms with E-state index in [0.29, 0.717) is 5.92 Å². The fraction of sp³-hybridized carbons (Fsp3) is 0.714. The van der Waals surface area contributed by atoms with E-state index in [1.165, 1.54) is 0 Å². The van der Waals surface area contributed by atoms with E-state index < -0.39 is 5.54 Å². The summed E-state index contributed by atoms with van der Waals surface area (Å²) in [7, 11) is 0. The summed E-state index contributed by atoms with van der Waals surface area (Å²) >= 11 is 0. The lowest BCUT2D eigenvalue weighted by molar-refractivity contribution is -0.142. The van der Waals surface area contributed by atoms with Gasteiger partial charge in [0.1, 0.15) is 5.54 Å². The summed E-state index contributed by atoms with van der Waals surface area (Å²) < 4.78 is 1.89. The SMILES string of the molecule is CC1CCN(C(=O)C2(n3cccn3)CCNCC2)C1. The van der Waals surface area contributed by atoms with Crippen LogP contribution < -0.4 is 5.32 Å². The topological polar surface area (TPSA) is 50.2 Å².